The minimum absolute atomic E-state index is 0.0726. The Morgan fingerprint density at radius 2 is 1.86 bits per heavy atom. The van der Waals surface area contributed by atoms with E-state index in [1.807, 2.05) is 49.0 Å². The maximum atomic E-state index is 12.8. The molecule has 0 atom stereocenters. The zero-order valence-electron chi connectivity index (χ0n) is 11.7. The van der Waals surface area contributed by atoms with Gasteiger partial charge >= 0.3 is 0 Å². The third kappa shape index (κ3) is 2.35. The van der Waals surface area contributed by atoms with Gasteiger partial charge in [0, 0.05) is 40.3 Å². The van der Waals surface area contributed by atoms with Crippen LogP contribution in [0.4, 0.5) is 0 Å². The molecule has 0 saturated heterocycles. The fraction of sp³-hybridized carbons (Fsp3) is 0.118. The number of hydrogen-bond acceptors (Lipinski definition) is 1. The number of hydrogen-bond donors (Lipinski definition) is 0. The summed E-state index contributed by atoms with van der Waals surface area (Å²) in [5, 5.41) is 2.04. The molecule has 21 heavy (non-hydrogen) atoms. The number of ketones is 1. The molecule has 0 aliphatic heterocycles. The molecule has 0 aliphatic carbocycles. The molecular weight excluding hydrogens is 305 g/mol. The van der Waals surface area contributed by atoms with Crippen LogP contribution in [0, 0.1) is 6.92 Å². The van der Waals surface area contributed by atoms with E-state index in [-0.39, 0.29) is 5.78 Å². The van der Waals surface area contributed by atoms with Crippen molar-refractivity contribution in [2.24, 2.45) is 7.05 Å². The highest BCUT2D eigenvalue weighted by Gasteiger charge is 2.18. The van der Waals surface area contributed by atoms with Crippen LogP contribution in [0.25, 0.3) is 10.9 Å². The number of aromatic nitrogens is 1. The topological polar surface area (TPSA) is 22.0 Å². The monoisotopic (exact) mass is 317 g/mol. The average Bonchev–Trinajstić information content (AvgIpc) is 2.78. The third-order valence-electron chi connectivity index (χ3n) is 3.63. The van der Waals surface area contributed by atoms with Gasteiger partial charge in [0.25, 0.3) is 0 Å². The van der Waals surface area contributed by atoms with E-state index in [1.165, 1.54) is 0 Å². The van der Waals surface area contributed by atoms with Crippen LogP contribution in [0.2, 0.25) is 10.0 Å². The maximum Gasteiger partial charge on any atom is 0.196 e. The van der Waals surface area contributed by atoms with Crippen LogP contribution in [0.3, 0.4) is 0 Å². The van der Waals surface area contributed by atoms with E-state index in [2.05, 4.69) is 0 Å². The molecule has 3 aromatic rings. The first-order chi connectivity index (χ1) is 9.99. The lowest BCUT2D eigenvalue weighted by molar-refractivity contribution is 0.104. The molecule has 0 unspecified atom stereocenters. The average molecular weight is 318 g/mol. The van der Waals surface area contributed by atoms with Crippen LogP contribution < -0.4 is 0 Å². The van der Waals surface area contributed by atoms with E-state index in [0.717, 1.165) is 16.5 Å². The first kappa shape index (κ1) is 14.2. The van der Waals surface area contributed by atoms with E-state index >= 15 is 0 Å². The molecule has 0 amide bonds. The molecule has 3 rings (SSSR count). The predicted molar refractivity (Wildman–Crippen MR) is 87.6 cm³/mol. The van der Waals surface area contributed by atoms with Gasteiger partial charge in [-0.05, 0) is 30.7 Å². The second-order valence-electron chi connectivity index (χ2n) is 5.08. The largest absolute Gasteiger partial charge is 0.350 e. The van der Waals surface area contributed by atoms with E-state index < -0.39 is 0 Å². The molecule has 1 heterocycles. The fourth-order valence-corrected chi connectivity index (χ4v) is 2.88. The third-order valence-corrected chi connectivity index (χ3v) is 4.37. The number of rotatable bonds is 2. The molecule has 0 aliphatic rings. The van der Waals surface area contributed by atoms with E-state index in [4.69, 9.17) is 23.2 Å². The van der Waals surface area contributed by atoms with Crippen LogP contribution in [0.15, 0.2) is 42.6 Å². The molecule has 4 heteroatoms. The molecule has 0 radical (unpaired) electrons. The highest BCUT2D eigenvalue weighted by atomic mass is 35.5. The normalized spacial score (nSPS) is 11.0. The van der Waals surface area contributed by atoms with Crippen molar-refractivity contribution in [1.29, 1.82) is 0 Å². The second-order valence-corrected chi connectivity index (χ2v) is 5.90. The molecule has 1 aromatic heterocycles. The minimum Gasteiger partial charge on any atom is -0.350 e. The van der Waals surface area contributed by atoms with Crippen LogP contribution >= 0.6 is 23.2 Å². The van der Waals surface area contributed by atoms with Gasteiger partial charge in [0.2, 0.25) is 0 Å². The minimum atomic E-state index is -0.0726. The van der Waals surface area contributed by atoms with Gasteiger partial charge < -0.3 is 4.57 Å². The first-order valence-corrected chi connectivity index (χ1v) is 7.29. The van der Waals surface area contributed by atoms with Crippen LogP contribution in [-0.2, 0) is 7.05 Å². The number of fused-ring (bicyclic) bond motifs is 1. The summed E-state index contributed by atoms with van der Waals surface area (Å²) in [6, 6.07) is 11.0. The smallest absolute Gasteiger partial charge is 0.196 e. The summed E-state index contributed by atoms with van der Waals surface area (Å²) in [6.07, 6.45) is 1.82. The lowest BCUT2D eigenvalue weighted by Gasteiger charge is -2.05. The summed E-state index contributed by atoms with van der Waals surface area (Å²) in [5.41, 5.74) is 2.98. The van der Waals surface area contributed by atoms with Gasteiger partial charge in [-0.1, -0.05) is 41.4 Å². The summed E-state index contributed by atoms with van der Waals surface area (Å²) < 4.78 is 1.90. The Labute approximate surface area is 132 Å². The molecule has 2 aromatic carbocycles. The number of aryl methyl sites for hydroxylation is 2. The first-order valence-electron chi connectivity index (χ1n) is 6.53. The number of carbonyl (C=O) groups is 1. The molecule has 2 nitrogen and oxygen atoms in total. The lowest BCUT2D eigenvalue weighted by Crippen LogP contribution is -2.02. The lowest BCUT2D eigenvalue weighted by atomic mass is 10.0. The SMILES string of the molecule is Cc1cccc(C(=O)c2cn(C)c3cc(Cl)ccc23)c1Cl. The molecule has 0 N–H and O–H groups in total. The van der Waals surface area contributed by atoms with Gasteiger partial charge in [-0.3, -0.25) is 4.79 Å². The van der Waals surface area contributed by atoms with Crippen molar-refractivity contribution in [3.63, 3.8) is 0 Å². The molecule has 0 spiro atoms. The Kier molecular flexibility index (Phi) is 3.52. The Bertz CT molecular complexity index is 865. The highest BCUT2D eigenvalue weighted by Crippen LogP contribution is 2.29. The zero-order valence-corrected chi connectivity index (χ0v) is 13.2. The summed E-state index contributed by atoms with van der Waals surface area (Å²) in [5.74, 6) is -0.0726. The Morgan fingerprint density at radius 3 is 2.62 bits per heavy atom. The summed E-state index contributed by atoms with van der Waals surface area (Å²) in [6.45, 7) is 1.89. The van der Waals surface area contributed by atoms with Gasteiger partial charge in [0.15, 0.2) is 5.78 Å². The highest BCUT2D eigenvalue weighted by molar-refractivity contribution is 6.36. The van der Waals surface area contributed by atoms with E-state index in [1.54, 1.807) is 12.1 Å². The maximum absolute atomic E-state index is 12.8. The van der Waals surface area contributed by atoms with Crippen molar-refractivity contribution in [2.75, 3.05) is 0 Å². The van der Waals surface area contributed by atoms with Crippen LogP contribution in [-0.4, -0.2) is 10.4 Å². The summed E-state index contributed by atoms with van der Waals surface area (Å²) >= 11 is 12.3. The van der Waals surface area contributed by atoms with Crippen molar-refractivity contribution in [3.05, 3.63) is 69.3 Å². The fourth-order valence-electron chi connectivity index (χ4n) is 2.51. The van der Waals surface area contributed by atoms with E-state index in [0.29, 0.717) is 21.2 Å². The molecule has 0 fully saturated rings. The van der Waals surface area contributed by atoms with Crippen molar-refractivity contribution in [1.82, 2.24) is 4.57 Å². The van der Waals surface area contributed by atoms with Crippen molar-refractivity contribution in [2.45, 2.75) is 6.92 Å². The van der Waals surface area contributed by atoms with Crippen LogP contribution in [0.5, 0.6) is 0 Å². The van der Waals surface area contributed by atoms with Gasteiger partial charge in [-0.25, -0.2) is 0 Å². The number of carbonyl (C=O) groups excluding carboxylic acids is 1. The van der Waals surface area contributed by atoms with Crippen molar-refractivity contribution in [3.8, 4) is 0 Å². The van der Waals surface area contributed by atoms with Crippen molar-refractivity contribution < 1.29 is 4.79 Å². The molecular formula is C17H13Cl2NO. The zero-order chi connectivity index (χ0) is 15.1. The van der Waals surface area contributed by atoms with Gasteiger partial charge in [-0.15, -0.1) is 0 Å². The number of halogens is 2. The quantitative estimate of drug-likeness (QED) is 0.608. The Balaban J connectivity index is 2.21. The predicted octanol–water partition coefficient (Wildman–Crippen LogP) is 5.02. The Morgan fingerprint density at radius 1 is 1.10 bits per heavy atom. The van der Waals surface area contributed by atoms with Gasteiger partial charge in [-0.2, -0.15) is 0 Å². The molecule has 106 valence electrons. The number of nitrogens with zero attached hydrogens (tertiary/aromatic N) is 1. The van der Waals surface area contributed by atoms with Crippen LogP contribution in [0.1, 0.15) is 21.5 Å². The van der Waals surface area contributed by atoms with Crippen molar-refractivity contribution >= 4 is 39.9 Å². The molecule has 0 saturated carbocycles. The second kappa shape index (κ2) is 5.21. The summed E-state index contributed by atoms with van der Waals surface area (Å²) in [7, 11) is 1.90. The standard InChI is InChI=1S/C17H13Cl2NO/c1-10-4-3-5-13(16(10)19)17(21)14-9-20(2)15-8-11(18)6-7-12(14)15/h3-9H,1-2H3. The summed E-state index contributed by atoms with van der Waals surface area (Å²) in [4.78, 5) is 12.8. The molecule has 0 bridgehead atoms. The number of benzene rings is 2. The van der Waals surface area contributed by atoms with Gasteiger partial charge in [0.05, 0.1) is 5.02 Å². The Hall–Kier alpha value is -1.77. The van der Waals surface area contributed by atoms with Gasteiger partial charge in [0.1, 0.15) is 0 Å². The van der Waals surface area contributed by atoms with E-state index in [9.17, 15) is 4.79 Å².